The van der Waals surface area contributed by atoms with Crippen molar-refractivity contribution >= 4 is 10.9 Å². The van der Waals surface area contributed by atoms with Crippen molar-refractivity contribution in [2.75, 3.05) is 7.11 Å². The van der Waals surface area contributed by atoms with Crippen LogP contribution in [0.15, 0.2) is 73.4 Å². The van der Waals surface area contributed by atoms with E-state index >= 15 is 0 Å². The molecule has 0 atom stereocenters. The molecule has 0 fully saturated rings. The molecule has 148 valence electrons. The average Bonchev–Trinajstić information content (AvgIpc) is 3.43. The summed E-state index contributed by atoms with van der Waals surface area (Å²) in [5.74, 6) is 0.748. The highest BCUT2D eigenvalue weighted by Crippen LogP contribution is 2.29. The molecule has 7 heteroatoms. The van der Waals surface area contributed by atoms with Crippen molar-refractivity contribution in [2.45, 2.75) is 13.5 Å². The summed E-state index contributed by atoms with van der Waals surface area (Å²) in [5, 5.41) is 9.80. The van der Waals surface area contributed by atoms with Gasteiger partial charge in [-0.15, -0.1) is 5.10 Å². The number of fused-ring (bicyclic) bond motifs is 1. The molecule has 0 unspecified atom stereocenters. The fourth-order valence-electron chi connectivity index (χ4n) is 3.58. The van der Waals surface area contributed by atoms with Gasteiger partial charge in [-0.1, -0.05) is 35.5 Å². The number of rotatable bonds is 5. The number of hydrogen-bond acceptors (Lipinski definition) is 5. The number of aryl methyl sites for hydroxylation is 1. The third-order valence-electron chi connectivity index (χ3n) is 5.05. The van der Waals surface area contributed by atoms with Crippen LogP contribution in [0, 0.1) is 6.92 Å². The molecule has 30 heavy (non-hydrogen) atoms. The zero-order valence-corrected chi connectivity index (χ0v) is 16.7. The average molecular weight is 396 g/mol. The molecule has 0 bridgehead atoms. The molecule has 5 rings (SSSR count). The molecule has 0 aliphatic heterocycles. The largest absolute Gasteiger partial charge is 0.495 e. The number of nitrogens with zero attached hydrogens (tertiary/aromatic N) is 6. The second-order valence-corrected chi connectivity index (χ2v) is 7.10. The van der Waals surface area contributed by atoms with E-state index in [1.165, 1.54) is 0 Å². The quantitative estimate of drug-likeness (QED) is 0.448. The van der Waals surface area contributed by atoms with Crippen LogP contribution in [0.3, 0.4) is 0 Å². The third-order valence-corrected chi connectivity index (χ3v) is 5.05. The second kappa shape index (κ2) is 7.44. The fourth-order valence-corrected chi connectivity index (χ4v) is 3.58. The molecule has 7 nitrogen and oxygen atoms in total. The second-order valence-electron chi connectivity index (χ2n) is 7.10. The van der Waals surface area contributed by atoms with Gasteiger partial charge < -0.3 is 9.30 Å². The lowest BCUT2D eigenvalue weighted by Crippen LogP contribution is -2.01. The minimum atomic E-state index is 0.602. The first-order chi connectivity index (χ1) is 14.7. The highest BCUT2D eigenvalue weighted by atomic mass is 16.5. The maximum Gasteiger partial charge on any atom is 0.143 e. The van der Waals surface area contributed by atoms with Crippen LogP contribution in [0.4, 0.5) is 0 Å². The summed E-state index contributed by atoms with van der Waals surface area (Å²) in [6.45, 7) is 2.56. The van der Waals surface area contributed by atoms with Crippen LogP contribution in [-0.2, 0) is 6.54 Å². The van der Waals surface area contributed by atoms with Gasteiger partial charge >= 0.3 is 0 Å². The van der Waals surface area contributed by atoms with Crippen molar-refractivity contribution in [1.29, 1.82) is 0 Å². The van der Waals surface area contributed by atoms with Crippen LogP contribution in [0.5, 0.6) is 5.75 Å². The number of benzene rings is 2. The lowest BCUT2D eigenvalue weighted by molar-refractivity contribution is 0.413. The number of para-hydroxylation sites is 1. The molecule has 2 aromatic carbocycles. The minimum absolute atomic E-state index is 0.602. The fraction of sp³-hybridized carbons (Fsp3) is 0.130. The van der Waals surface area contributed by atoms with Crippen molar-refractivity contribution in [3.8, 4) is 22.7 Å². The molecule has 3 aromatic heterocycles. The maximum absolute atomic E-state index is 5.61. The number of imidazole rings is 1. The van der Waals surface area contributed by atoms with Gasteiger partial charge in [0.1, 0.15) is 11.4 Å². The number of aromatic nitrogens is 6. The summed E-state index contributed by atoms with van der Waals surface area (Å²) in [5.41, 5.74) is 5.69. The smallest absolute Gasteiger partial charge is 0.143 e. The monoisotopic (exact) mass is 396 g/mol. The van der Waals surface area contributed by atoms with Crippen molar-refractivity contribution in [1.82, 2.24) is 29.5 Å². The van der Waals surface area contributed by atoms with Crippen LogP contribution < -0.4 is 4.74 Å². The SMILES string of the molecule is COc1cc(-c2cn(Cc3cccc4cccnc34)nn2)ccc1-n1cnc(C)c1. The highest BCUT2D eigenvalue weighted by molar-refractivity contribution is 5.81. The van der Waals surface area contributed by atoms with E-state index in [2.05, 4.69) is 38.5 Å². The molecule has 0 aliphatic carbocycles. The van der Waals surface area contributed by atoms with Crippen molar-refractivity contribution in [2.24, 2.45) is 0 Å². The van der Waals surface area contributed by atoms with E-state index in [0.29, 0.717) is 6.54 Å². The standard InChI is InChI=1S/C23H20N6O/c1-16-12-28(15-25-16)21-9-8-18(11-22(21)30-2)20-14-29(27-26-20)13-19-6-3-5-17-7-4-10-24-23(17)19/h3-12,14-15H,13H2,1-2H3. The van der Waals surface area contributed by atoms with E-state index in [0.717, 1.165) is 44.9 Å². The van der Waals surface area contributed by atoms with E-state index in [1.807, 2.05) is 65.1 Å². The van der Waals surface area contributed by atoms with Gasteiger partial charge in [-0.3, -0.25) is 4.98 Å². The minimum Gasteiger partial charge on any atom is -0.495 e. The highest BCUT2D eigenvalue weighted by Gasteiger charge is 2.11. The van der Waals surface area contributed by atoms with Crippen LogP contribution in [0.1, 0.15) is 11.3 Å². The molecule has 0 amide bonds. The van der Waals surface area contributed by atoms with Crippen molar-refractivity contribution < 1.29 is 4.74 Å². The Kier molecular flexibility index (Phi) is 4.48. The van der Waals surface area contributed by atoms with E-state index in [9.17, 15) is 0 Å². The van der Waals surface area contributed by atoms with Crippen LogP contribution in [0.25, 0.3) is 27.8 Å². The van der Waals surface area contributed by atoms with Gasteiger partial charge in [0.2, 0.25) is 0 Å². The Hall–Kier alpha value is -4.00. The molecule has 0 N–H and O–H groups in total. The van der Waals surface area contributed by atoms with Gasteiger partial charge in [-0.05, 0) is 30.7 Å². The lowest BCUT2D eigenvalue weighted by Gasteiger charge is -2.10. The molecule has 0 radical (unpaired) electrons. The molecule has 0 spiro atoms. The molecule has 0 saturated heterocycles. The third kappa shape index (κ3) is 3.30. The molecule has 0 saturated carbocycles. The van der Waals surface area contributed by atoms with Gasteiger partial charge in [0.15, 0.2) is 0 Å². The number of methoxy groups -OCH3 is 1. The Morgan fingerprint density at radius 1 is 1.00 bits per heavy atom. The first-order valence-corrected chi connectivity index (χ1v) is 9.63. The summed E-state index contributed by atoms with van der Waals surface area (Å²) in [6, 6.07) is 16.2. The molecular weight excluding hydrogens is 376 g/mol. The van der Waals surface area contributed by atoms with Gasteiger partial charge in [0.05, 0.1) is 43.1 Å². The maximum atomic E-state index is 5.61. The molecule has 0 aliphatic rings. The van der Waals surface area contributed by atoms with E-state index < -0.39 is 0 Å². The Morgan fingerprint density at radius 2 is 1.90 bits per heavy atom. The summed E-state index contributed by atoms with van der Waals surface area (Å²) in [6.07, 6.45) is 7.50. The Balaban J connectivity index is 1.45. The summed E-state index contributed by atoms with van der Waals surface area (Å²) in [4.78, 5) is 8.81. The Labute approximate surface area is 173 Å². The van der Waals surface area contributed by atoms with Gasteiger partial charge in [-0.2, -0.15) is 0 Å². The van der Waals surface area contributed by atoms with Gasteiger partial charge in [0.25, 0.3) is 0 Å². The molecule has 5 aromatic rings. The first-order valence-electron chi connectivity index (χ1n) is 9.63. The van der Waals surface area contributed by atoms with Gasteiger partial charge in [-0.25, -0.2) is 9.67 Å². The normalized spacial score (nSPS) is 11.1. The molecular formula is C23H20N6O. The zero-order valence-electron chi connectivity index (χ0n) is 16.7. The summed E-state index contributed by atoms with van der Waals surface area (Å²) < 4.78 is 9.39. The number of pyridine rings is 1. The predicted molar refractivity (Wildman–Crippen MR) is 115 cm³/mol. The Morgan fingerprint density at radius 3 is 2.73 bits per heavy atom. The summed E-state index contributed by atoms with van der Waals surface area (Å²) in [7, 11) is 1.66. The van der Waals surface area contributed by atoms with Crippen LogP contribution >= 0.6 is 0 Å². The topological polar surface area (TPSA) is 70.7 Å². The molecule has 3 heterocycles. The van der Waals surface area contributed by atoms with Crippen molar-refractivity contribution in [3.05, 3.63) is 84.7 Å². The zero-order chi connectivity index (χ0) is 20.5. The van der Waals surface area contributed by atoms with E-state index in [-0.39, 0.29) is 0 Å². The van der Waals surface area contributed by atoms with Crippen LogP contribution in [0.2, 0.25) is 0 Å². The van der Waals surface area contributed by atoms with Gasteiger partial charge in [0, 0.05) is 23.3 Å². The van der Waals surface area contributed by atoms with E-state index in [1.54, 1.807) is 13.4 Å². The first kappa shape index (κ1) is 18.1. The van der Waals surface area contributed by atoms with Crippen LogP contribution in [-0.4, -0.2) is 36.6 Å². The lowest BCUT2D eigenvalue weighted by atomic mass is 10.1. The van der Waals surface area contributed by atoms with E-state index in [4.69, 9.17) is 4.74 Å². The summed E-state index contributed by atoms with van der Waals surface area (Å²) >= 11 is 0. The number of hydrogen-bond donors (Lipinski definition) is 0. The Bertz CT molecular complexity index is 1330. The number of ether oxygens (including phenoxy) is 1. The van der Waals surface area contributed by atoms with Crippen molar-refractivity contribution in [3.63, 3.8) is 0 Å². The predicted octanol–water partition coefficient (Wildman–Crippen LogP) is 4.04.